The third kappa shape index (κ3) is 2.75. The van der Waals surface area contributed by atoms with Gasteiger partial charge in [-0.15, -0.1) is 0 Å². The molecule has 1 aliphatic rings. The number of hydrogen-bond acceptors (Lipinski definition) is 4. The van der Waals surface area contributed by atoms with Gasteiger partial charge in [-0.1, -0.05) is 12.1 Å². The van der Waals surface area contributed by atoms with Crippen LogP contribution in [0.25, 0.3) is 0 Å². The highest BCUT2D eigenvalue weighted by molar-refractivity contribution is 6.00. The molecule has 1 unspecified atom stereocenters. The van der Waals surface area contributed by atoms with Crippen LogP contribution in [-0.2, 0) is 6.42 Å². The third-order valence-electron chi connectivity index (χ3n) is 4.12. The number of carboxylic acids is 1. The van der Waals surface area contributed by atoms with E-state index in [1.165, 1.54) is 6.07 Å². The summed E-state index contributed by atoms with van der Waals surface area (Å²) in [6, 6.07) is 8.62. The molecule has 23 heavy (non-hydrogen) atoms. The van der Waals surface area contributed by atoms with Crippen LogP contribution in [0.3, 0.4) is 0 Å². The molecule has 118 valence electrons. The third-order valence-corrected chi connectivity index (χ3v) is 4.12. The first-order valence-corrected chi connectivity index (χ1v) is 7.16. The average molecular weight is 313 g/mol. The number of aromatic carboxylic acids is 1. The predicted molar refractivity (Wildman–Crippen MR) is 82.4 cm³/mol. The molecule has 1 aromatic heterocycles. The molecule has 1 atom stereocenters. The summed E-state index contributed by atoms with van der Waals surface area (Å²) in [6.07, 6.45) is 0.771. The highest BCUT2D eigenvalue weighted by Gasteiger charge is 2.28. The molecule has 0 amide bonds. The quantitative estimate of drug-likeness (QED) is 0.903. The molecular formula is C17H15NO5. The highest BCUT2D eigenvalue weighted by atomic mass is 16.5. The zero-order chi connectivity index (χ0) is 16.6. The summed E-state index contributed by atoms with van der Waals surface area (Å²) in [7, 11) is 1.58. The van der Waals surface area contributed by atoms with E-state index in [0.717, 1.165) is 11.3 Å². The van der Waals surface area contributed by atoms with E-state index in [2.05, 4.69) is 4.98 Å². The van der Waals surface area contributed by atoms with Crippen molar-refractivity contribution in [1.82, 2.24) is 4.98 Å². The number of nitrogens with one attached hydrogen (secondary N) is 1. The summed E-state index contributed by atoms with van der Waals surface area (Å²) in [5, 5.41) is 8.99. The Kier molecular flexibility index (Phi) is 3.73. The Bertz CT molecular complexity index is 835. The Morgan fingerprint density at radius 1 is 1.22 bits per heavy atom. The van der Waals surface area contributed by atoms with Gasteiger partial charge in [-0.2, -0.15) is 0 Å². The molecule has 2 N–H and O–H groups in total. The maximum absolute atomic E-state index is 12.3. The van der Waals surface area contributed by atoms with Gasteiger partial charge in [0.15, 0.2) is 5.78 Å². The monoisotopic (exact) mass is 313 g/mol. The number of carbonyl (C=O) groups is 2. The van der Waals surface area contributed by atoms with E-state index in [9.17, 15) is 14.4 Å². The van der Waals surface area contributed by atoms with Crippen molar-refractivity contribution in [2.24, 2.45) is 0 Å². The fraction of sp³-hybridized carbons (Fsp3) is 0.235. The van der Waals surface area contributed by atoms with Gasteiger partial charge in [-0.25, -0.2) is 4.79 Å². The van der Waals surface area contributed by atoms with Gasteiger partial charge in [0, 0.05) is 17.7 Å². The van der Waals surface area contributed by atoms with E-state index in [4.69, 9.17) is 9.84 Å². The van der Waals surface area contributed by atoms with Crippen molar-refractivity contribution in [3.8, 4) is 5.75 Å². The van der Waals surface area contributed by atoms with Crippen LogP contribution in [0, 0.1) is 0 Å². The lowest BCUT2D eigenvalue weighted by molar-refractivity contribution is 0.0695. The van der Waals surface area contributed by atoms with Gasteiger partial charge in [0.25, 0.3) is 5.56 Å². The number of Topliss-reactive ketones (excluding diaryl/α,β-unsaturated/α-hetero) is 1. The number of ketones is 1. The lowest BCUT2D eigenvalue weighted by Crippen LogP contribution is -2.27. The van der Waals surface area contributed by atoms with Crippen LogP contribution < -0.4 is 10.3 Å². The lowest BCUT2D eigenvalue weighted by Gasteiger charge is -2.24. The number of aromatic nitrogens is 1. The minimum absolute atomic E-state index is 0.0489. The summed E-state index contributed by atoms with van der Waals surface area (Å²) in [5.41, 5.74) is 0.691. The number of hydrogen-bond donors (Lipinski definition) is 2. The van der Waals surface area contributed by atoms with Crippen LogP contribution >= 0.6 is 0 Å². The van der Waals surface area contributed by atoms with E-state index in [0.29, 0.717) is 17.7 Å². The minimum Gasteiger partial charge on any atom is -0.497 e. The van der Waals surface area contributed by atoms with Crippen LogP contribution in [0.15, 0.2) is 35.1 Å². The van der Waals surface area contributed by atoms with E-state index in [1.807, 2.05) is 24.3 Å². The molecule has 1 heterocycles. The van der Waals surface area contributed by atoms with Crippen molar-refractivity contribution >= 4 is 11.8 Å². The van der Waals surface area contributed by atoms with Gasteiger partial charge in [0.05, 0.1) is 7.11 Å². The van der Waals surface area contributed by atoms with Gasteiger partial charge in [-0.05, 0) is 36.1 Å². The van der Waals surface area contributed by atoms with Crippen molar-refractivity contribution in [2.45, 2.75) is 18.8 Å². The number of carbonyl (C=O) groups excluding carboxylic acids is 1. The van der Waals surface area contributed by atoms with E-state index < -0.39 is 17.1 Å². The molecule has 0 aliphatic heterocycles. The molecule has 6 heteroatoms. The number of aromatic amines is 1. The molecule has 0 saturated heterocycles. The van der Waals surface area contributed by atoms with Crippen molar-refractivity contribution in [2.75, 3.05) is 7.11 Å². The van der Waals surface area contributed by atoms with Crippen molar-refractivity contribution in [3.63, 3.8) is 0 Å². The van der Waals surface area contributed by atoms with Crippen LogP contribution in [0.2, 0.25) is 0 Å². The van der Waals surface area contributed by atoms with Gasteiger partial charge < -0.3 is 14.8 Å². The number of methoxy groups -OCH3 is 1. The molecule has 3 rings (SSSR count). The van der Waals surface area contributed by atoms with Gasteiger partial charge in [-0.3, -0.25) is 9.59 Å². The molecule has 6 nitrogen and oxygen atoms in total. The number of benzene rings is 1. The number of fused-ring (bicyclic) bond motifs is 1. The average Bonchev–Trinajstić information content (AvgIpc) is 2.54. The Morgan fingerprint density at radius 3 is 2.52 bits per heavy atom. The topological polar surface area (TPSA) is 96.5 Å². The molecule has 2 aromatic rings. The maximum Gasteiger partial charge on any atom is 0.341 e. The first-order valence-electron chi connectivity index (χ1n) is 7.16. The smallest absolute Gasteiger partial charge is 0.341 e. The second kappa shape index (κ2) is 5.72. The van der Waals surface area contributed by atoms with Gasteiger partial charge >= 0.3 is 5.97 Å². The van der Waals surface area contributed by atoms with Crippen molar-refractivity contribution in [3.05, 3.63) is 63.1 Å². The largest absolute Gasteiger partial charge is 0.497 e. The molecule has 0 radical (unpaired) electrons. The number of pyridine rings is 1. The second-order valence-electron chi connectivity index (χ2n) is 5.51. The van der Waals surface area contributed by atoms with Crippen LogP contribution in [-0.4, -0.2) is 29.0 Å². The van der Waals surface area contributed by atoms with E-state index in [-0.39, 0.29) is 18.1 Å². The Balaban J connectivity index is 1.97. The number of rotatable bonds is 3. The predicted octanol–water partition coefficient (Wildman–Crippen LogP) is 1.99. The first-order chi connectivity index (χ1) is 11.0. The van der Waals surface area contributed by atoms with Crippen LogP contribution in [0.5, 0.6) is 5.75 Å². The Labute approximate surface area is 131 Å². The zero-order valence-electron chi connectivity index (χ0n) is 12.5. The van der Waals surface area contributed by atoms with E-state index >= 15 is 0 Å². The van der Waals surface area contributed by atoms with Crippen LogP contribution in [0.1, 0.15) is 44.3 Å². The molecule has 1 aliphatic carbocycles. The fourth-order valence-corrected chi connectivity index (χ4v) is 2.90. The van der Waals surface area contributed by atoms with Gasteiger partial charge in [0.1, 0.15) is 11.3 Å². The van der Waals surface area contributed by atoms with E-state index in [1.54, 1.807) is 7.11 Å². The summed E-state index contributed by atoms with van der Waals surface area (Å²) in [5.74, 6) is -0.812. The van der Waals surface area contributed by atoms with Crippen LogP contribution in [0.4, 0.5) is 0 Å². The SMILES string of the molecule is COc1ccc(C2CC(=O)c3cc(C(=O)O)c(=O)[nH]c3C2)cc1. The Morgan fingerprint density at radius 2 is 1.91 bits per heavy atom. The maximum atomic E-state index is 12.3. The number of carboxylic acid groups (broad SMARTS) is 1. The molecule has 0 spiro atoms. The zero-order valence-corrected chi connectivity index (χ0v) is 12.5. The molecule has 0 saturated carbocycles. The molecule has 0 fully saturated rings. The summed E-state index contributed by atoms with van der Waals surface area (Å²) in [4.78, 5) is 37.7. The molecule has 1 aromatic carbocycles. The number of H-pyrrole nitrogens is 1. The van der Waals surface area contributed by atoms with Crippen molar-refractivity contribution in [1.29, 1.82) is 0 Å². The lowest BCUT2D eigenvalue weighted by atomic mass is 9.81. The summed E-state index contributed by atoms with van der Waals surface area (Å²) < 4.78 is 5.12. The Hall–Kier alpha value is -2.89. The minimum atomic E-state index is -1.33. The standard InChI is InChI=1S/C17H15NO5/c1-23-11-4-2-9(3-5-11)10-6-14-12(15(19)7-10)8-13(17(21)22)16(20)18-14/h2-5,8,10H,6-7H2,1H3,(H,18,20)(H,21,22). The second-order valence-corrected chi connectivity index (χ2v) is 5.51. The normalized spacial score (nSPS) is 16.7. The van der Waals surface area contributed by atoms with Gasteiger partial charge in [0.2, 0.25) is 0 Å². The summed E-state index contributed by atoms with van der Waals surface area (Å²) >= 11 is 0. The molecule has 0 bridgehead atoms. The van der Waals surface area contributed by atoms with Crippen molar-refractivity contribution < 1.29 is 19.4 Å². The summed E-state index contributed by atoms with van der Waals surface area (Å²) in [6.45, 7) is 0. The molecular weight excluding hydrogens is 298 g/mol. The fourth-order valence-electron chi connectivity index (χ4n) is 2.90. The highest BCUT2D eigenvalue weighted by Crippen LogP contribution is 2.32. The first kappa shape index (κ1) is 15.0. The number of ether oxygens (including phenoxy) is 1.